The van der Waals surface area contributed by atoms with Crippen molar-refractivity contribution in [3.8, 4) is 0 Å². The number of amides is 1. The third kappa shape index (κ3) is 38.5. The van der Waals surface area contributed by atoms with Crippen LogP contribution in [0.2, 0.25) is 0 Å². The average molecular weight is 772 g/mol. The monoisotopic (exact) mass is 772 g/mol. The fourth-order valence-electron chi connectivity index (χ4n) is 6.77. The lowest BCUT2D eigenvalue weighted by molar-refractivity contribution is -0.151. The number of rotatable bonds is 41. The van der Waals surface area contributed by atoms with Crippen LogP contribution in [0.25, 0.3) is 0 Å². The van der Waals surface area contributed by atoms with Gasteiger partial charge in [0.25, 0.3) is 0 Å². The minimum Gasteiger partial charge on any atom is -0.462 e. The minimum atomic E-state index is -0.797. The zero-order valence-electron chi connectivity index (χ0n) is 36.3. The number of aliphatic hydroxyl groups excluding tert-OH is 2. The highest BCUT2D eigenvalue weighted by Gasteiger charge is 2.24. The highest BCUT2D eigenvalue weighted by atomic mass is 16.5. The molecule has 1 amide bonds. The van der Waals surface area contributed by atoms with Crippen molar-refractivity contribution in [1.29, 1.82) is 0 Å². The van der Waals surface area contributed by atoms with E-state index in [2.05, 4.69) is 74.7 Å². The van der Waals surface area contributed by atoms with E-state index in [1.54, 1.807) is 0 Å². The van der Waals surface area contributed by atoms with Gasteiger partial charge in [-0.15, -0.1) is 0 Å². The molecule has 3 unspecified atom stereocenters. The van der Waals surface area contributed by atoms with Crippen molar-refractivity contribution in [2.45, 2.75) is 244 Å². The van der Waals surface area contributed by atoms with Gasteiger partial charge >= 0.3 is 5.97 Å². The maximum Gasteiger partial charge on any atom is 0.306 e. The molecule has 0 bridgehead atoms. The number of carbonyl (C=O) groups is 2. The molecule has 6 nitrogen and oxygen atoms in total. The molecule has 6 heteroatoms. The van der Waals surface area contributed by atoms with E-state index in [9.17, 15) is 19.8 Å². The van der Waals surface area contributed by atoms with Crippen molar-refractivity contribution in [1.82, 2.24) is 5.32 Å². The second-order valence-corrected chi connectivity index (χ2v) is 15.8. The van der Waals surface area contributed by atoms with Gasteiger partial charge in [0.05, 0.1) is 25.2 Å². The van der Waals surface area contributed by atoms with Crippen molar-refractivity contribution in [3.05, 3.63) is 48.6 Å². The summed E-state index contributed by atoms with van der Waals surface area (Å²) in [6.45, 7) is 6.38. The Morgan fingerprint density at radius 2 is 0.945 bits per heavy atom. The van der Waals surface area contributed by atoms with Crippen LogP contribution >= 0.6 is 0 Å². The molecule has 0 aromatic heterocycles. The van der Waals surface area contributed by atoms with E-state index in [1.165, 1.54) is 103 Å². The largest absolute Gasteiger partial charge is 0.462 e. The molecule has 0 radical (unpaired) electrons. The molecular formula is C49H89NO5. The normalized spacial score (nSPS) is 13.8. The molecule has 3 atom stereocenters. The minimum absolute atomic E-state index is 0.0483. The lowest BCUT2D eigenvalue weighted by Gasteiger charge is -2.24. The summed E-state index contributed by atoms with van der Waals surface area (Å²) in [5, 5.41) is 23.6. The molecule has 55 heavy (non-hydrogen) atoms. The first-order valence-corrected chi connectivity index (χ1v) is 23.4. The van der Waals surface area contributed by atoms with Gasteiger partial charge in [0.2, 0.25) is 5.91 Å². The molecule has 0 saturated heterocycles. The predicted molar refractivity (Wildman–Crippen MR) is 236 cm³/mol. The molecule has 0 aromatic rings. The first kappa shape index (κ1) is 52.8. The third-order valence-electron chi connectivity index (χ3n) is 10.4. The topological polar surface area (TPSA) is 95.9 Å². The van der Waals surface area contributed by atoms with Crippen molar-refractivity contribution < 1.29 is 24.5 Å². The summed E-state index contributed by atoms with van der Waals surface area (Å²) in [6, 6.07) is -0.713. The van der Waals surface area contributed by atoms with Crippen molar-refractivity contribution in [2.24, 2.45) is 0 Å². The Hall–Kier alpha value is -2.18. The smallest absolute Gasteiger partial charge is 0.306 e. The molecule has 0 aromatic carbocycles. The number of hydrogen-bond acceptors (Lipinski definition) is 5. The zero-order chi connectivity index (χ0) is 40.3. The molecule has 0 saturated carbocycles. The summed E-state index contributed by atoms with van der Waals surface area (Å²) in [4.78, 5) is 26.0. The number of hydrogen-bond donors (Lipinski definition) is 3. The van der Waals surface area contributed by atoms with Crippen molar-refractivity contribution >= 4 is 11.9 Å². The predicted octanol–water partition coefficient (Wildman–Crippen LogP) is 13.5. The number of aliphatic hydroxyl groups is 2. The number of nitrogens with one attached hydrogen (secondary N) is 1. The molecule has 0 spiro atoms. The molecule has 0 rings (SSSR count). The van der Waals surface area contributed by atoms with Crippen LogP contribution in [0.5, 0.6) is 0 Å². The van der Waals surface area contributed by atoms with E-state index < -0.39 is 18.2 Å². The van der Waals surface area contributed by atoms with Gasteiger partial charge in [0.15, 0.2) is 0 Å². The van der Waals surface area contributed by atoms with Gasteiger partial charge in [-0.1, -0.05) is 179 Å². The number of ether oxygens (including phenoxy) is 1. The zero-order valence-corrected chi connectivity index (χ0v) is 36.3. The van der Waals surface area contributed by atoms with Crippen LogP contribution < -0.4 is 5.32 Å². The van der Waals surface area contributed by atoms with Gasteiger partial charge in [0, 0.05) is 6.42 Å². The van der Waals surface area contributed by atoms with Gasteiger partial charge in [-0.2, -0.15) is 0 Å². The molecule has 320 valence electrons. The molecule has 0 aliphatic rings. The molecule has 3 N–H and O–H groups in total. The highest BCUT2D eigenvalue weighted by Crippen LogP contribution is 2.16. The molecule has 0 fully saturated rings. The Labute approximate surface area is 340 Å². The van der Waals surface area contributed by atoms with Crippen LogP contribution in [-0.2, 0) is 14.3 Å². The highest BCUT2D eigenvalue weighted by molar-refractivity contribution is 5.77. The standard InChI is InChI=1S/C49H89NO5/c1-4-7-10-13-16-19-22-23-24-25-27-28-31-34-37-40-45(55-49(54)42-39-36-33-30-26-20-17-14-11-8-5-2)43-48(53)50-46(44-51)47(52)41-38-35-32-29-21-18-15-12-9-6-3/h14,16-17,19,23-24,27-28,45-47,51-52H,4-13,15,18,20-22,25-26,29-44H2,1-3H3,(H,50,53)/b17-14-,19-16-,24-23-,28-27-. The van der Waals surface area contributed by atoms with Crippen LogP contribution in [0.1, 0.15) is 226 Å². The Morgan fingerprint density at radius 3 is 1.53 bits per heavy atom. The van der Waals surface area contributed by atoms with Crippen LogP contribution in [0.4, 0.5) is 0 Å². The lowest BCUT2D eigenvalue weighted by Crippen LogP contribution is -2.46. The summed E-state index contributed by atoms with van der Waals surface area (Å²) < 4.78 is 5.88. The fraction of sp³-hybridized carbons (Fsp3) is 0.796. The van der Waals surface area contributed by atoms with Crippen molar-refractivity contribution in [3.63, 3.8) is 0 Å². The first-order chi connectivity index (χ1) is 27.0. The number of unbranched alkanes of at least 4 members (excludes halogenated alkanes) is 21. The van der Waals surface area contributed by atoms with E-state index in [-0.39, 0.29) is 24.9 Å². The Morgan fingerprint density at radius 1 is 0.527 bits per heavy atom. The van der Waals surface area contributed by atoms with E-state index in [0.29, 0.717) is 19.3 Å². The number of allylic oxidation sites excluding steroid dienone is 8. The summed E-state index contributed by atoms with van der Waals surface area (Å²) >= 11 is 0. The fourth-order valence-corrected chi connectivity index (χ4v) is 6.77. The molecule has 0 heterocycles. The summed E-state index contributed by atoms with van der Waals surface area (Å²) in [7, 11) is 0. The maximum atomic E-state index is 13.1. The van der Waals surface area contributed by atoms with Crippen LogP contribution in [0.15, 0.2) is 48.6 Å². The van der Waals surface area contributed by atoms with Gasteiger partial charge in [0.1, 0.15) is 6.10 Å². The van der Waals surface area contributed by atoms with Gasteiger partial charge in [-0.25, -0.2) is 0 Å². The average Bonchev–Trinajstić information content (AvgIpc) is 3.18. The van der Waals surface area contributed by atoms with Crippen molar-refractivity contribution in [2.75, 3.05) is 6.61 Å². The molecule has 0 aliphatic heterocycles. The maximum absolute atomic E-state index is 13.1. The number of carbonyl (C=O) groups excluding carboxylic acids is 2. The molecule has 0 aliphatic carbocycles. The lowest BCUT2D eigenvalue weighted by atomic mass is 10.0. The summed E-state index contributed by atoms with van der Waals surface area (Å²) in [5.41, 5.74) is 0. The van der Waals surface area contributed by atoms with Crippen LogP contribution in [-0.4, -0.2) is 46.9 Å². The Bertz CT molecular complexity index is 957. The SMILES string of the molecule is CCCC/C=C\CCCCCCCC(=O)OC(CCCC/C=C\C/C=C\C/C=C\CCCCC)CC(=O)NC(CO)C(O)CCCCCCCCCCCC. The second kappa shape index (κ2) is 43.0. The van der Waals surface area contributed by atoms with Crippen LogP contribution in [0.3, 0.4) is 0 Å². The van der Waals surface area contributed by atoms with Crippen LogP contribution in [0, 0.1) is 0 Å². The van der Waals surface area contributed by atoms with E-state index >= 15 is 0 Å². The second-order valence-electron chi connectivity index (χ2n) is 15.8. The van der Waals surface area contributed by atoms with E-state index in [0.717, 1.165) is 77.0 Å². The quantitative estimate of drug-likeness (QED) is 0.0327. The summed E-state index contributed by atoms with van der Waals surface area (Å²) in [6.07, 6.45) is 50.2. The molecular weight excluding hydrogens is 683 g/mol. The van der Waals surface area contributed by atoms with Gasteiger partial charge < -0.3 is 20.3 Å². The third-order valence-corrected chi connectivity index (χ3v) is 10.4. The van der Waals surface area contributed by atoms with E-state index in [1.807, 2.05) is 0 Å². The number of esters is 1. The Balaban J connectivity index is 4.70. The van der Waals surface area contributed by atoms with Gasteiger partial charge in [-0.3, -0.25) is 9.59 Å². The first-order valence-electron chi connectivity index (χ1n) is 23.4. The van der Waals surface area contributed by atoms with E-state index in [4.69, 9.17) is 4.74 Å². The Kier molecular flexibility index (Phi) is 41.2. The summed E-state index contributed by atoms with van der Waals surface area (Å²) in [5.74, 6) is -0.524. The van der Waals surface area contributed by atoms with Gasteiger partial charge in [-0.05, 0) is 83.5 Å².